The SMILES string of the molecule is c1ccc(-c2nc(-c3ccc4c(c3)sc3ccccc34)nc(-c3cccc4sc5c(-c6nc7ccccc7s6)cccc5c34)n2)cc1.c1ccc(-c2nc(-c3ccc4sc5ccccc5c4c3)nc(-c3cccc4sc5c(-c6nc7ccccc7s6)cccc5c34)n2)cc1.c1ccc(-c2nc(-c3cccc4sc5ccccc5c34)nc(-c3cccc4sc5c(-c6nc7ccccc7s6)cccc5c34)n2)cc1. The Morgan fingerprint density at radius 3 is 0.787 bits per heavy atom. The summed E-state index contributed by atoms with van der Waals surface area (Å²) in [4.78, 5) is 61.3. The zero-order valence-electron chi connectivity index (χ0n) is 74.1. The highest BCUT2D eigenvalue weighted by Crippen LogP contribution is 2.52. The van der Waals surface area contributed by atoms with Gasteiger partial charge in [-0.1, -0.05) is 297 Å². The van der Waals surface area contributed by atoms with Crippen molar-refractivity contribution in [3.05, 3.63) is 400 Å². The fourth-order valence-electron chi connectivity index (χ4n) is 19.3. The Balaban J connectivity index is 0.000000104. The van der Waals surface area contributed by atoms with Crippen LogP contribution in [0.5, 0.6) is 0 Å². The number of hydrogen-bond donors (Lipinski definition) is 0. The molecule has 0 bridgehead atoms. The summed E-state index contributed by atoms with van der Waals surface area (Å²) in [6.07, 6.45) is 0. The van der Waals surface area contributed by atoms with Gasteiger partial charge in [-0.3, -0.25) is 0 Å². The van der Waals surface area contributed by atoms with E-state index in [9.17, 15) is 0 Å². The molecule has 0 aliphatic carbocycles. The second kappa shape index (κ2) is 34.5. The molecule has 660 valence electrons. The third-order valence-corrected chi connectivity index (χ3v) is 36.0. The number of benzene rings is 18. The van der Waals surface area contributed by atoms with Gasteiger partial charge in [0, 0.05) is 188 Å². The Hall–Kier alpha value is -16.0. The van der Waals surface area contributed by atoms with Crippen LogP contribution in [0.1, 0.15) is 0 Å². The molecule has 12 aromatic heterocycles. The topological polar surface area (TPSA) is 155 Å². The maximum Gasteiger partial charge on any atom is 0.164 e. The number of rotatable bonds is 12. The minimum absolute atomic E-state index is 0.660. The van der Waals surface area contributed by atoms with Gasteiger partial charge in [0.25, 0.3) is 0 Å². The smallest absolute Gasteiger partial charge is 0.164 e. The molecule has 0 atom stereocenters. The molecule has 0 fully saturated rings. The average Bonchev–Trinajstić information content (AvgIpc) is 1.60. The molecule has 12 nitrogen and oxygen atoms in total. The Bertz CT molecular complexity index is 10200. The van der Waals surface area contributed by atoms with Gasteiger partial charge in [-0.15, -0.1) is 102 Å². The van der Waals surface area contributed by atoms with Gasteiger partial charge in [0.15, 0.2) is 52.4 Å². The van der Waals surface area contributed by atoms with E-state index in [-0.39, 0.29) is 0 Å². The molecule has 18 aromatic carbocycles. The molecule has 21 heteroatoms. The van der Waals surface area contributed by atoms with Gasteiger partial charge < -0.3 is 0 Å². The molecule has 0 amide bonds. The minimum atomic E-state index is 0.660. The van der Waals surface area contributed by atoms with Crippen LogP contribution in [0.15, 0.2) is 400 Å². The molecule has 30 aromatic rings. The summed E-state index contributed by atoms with van der Waals surface area (Å²) in [5, 5.41) is 17.6. The Morgan fingerprint density at radius 2 is 0.383 bits per heavy atom. The van der Waals surface area contributed by atoms with Crippen molar-refractivity contribution < 1.29 is 0 Å². The van der Waals surface area contributed by atoms with Crippen LogP contribution in [0.4, 0.5) is 0 Å². The third-order valence-electron chi connectivity index (χ3n) is 25.8. The van der Waals surface area contributed by atoms with Crippen LogP contribution in [0, 0.1) is 0 Å². The molecule has 141 heavy (non-hydrogen) atoms. The van der Waals surface area contributed by atoms with E-state index in [2.05, 4.69) is 328 Å². The maximum atomic E-state index is 5.26. The van der Waals surface area contributed by atoms with Crippen molar-refractivity contribution in [2.24, 2.45) is 0 Å². The molecule has 0 N–H and O–H groups in total. The Labute approximate surface area is 840 Å². The van der Waals surface area contributed by atoms with Gasteiger partial charge in [0.05, 0.1) is 30.6 Å². The molecule has 0 saturated heterocycles. The first-order valence-electron chi connectivity index (χ1n) is 45.9. The molecule has 0 aliphatic heterocycles. The molecular weight excluding hydrogens is 1900 g/mol. The first-order valence-corrected chi connectivity index (χ1v) is 53.3. The van der Waals surface area contributed by atoms with Crippen molar-refractivity contribution in [1.82, 2.24) is 59.8 Å². The number of aromatic nitrogens is 12. The van der Waals surface area contributed by atoms with E-state index in [4.69, 9.17) is 59.8 Å². The van der Waals surface area contributed by atoms with E-state index in [0.717, 1.165) is 114 Å². The van der Waals surface area contributed by atoms with Gasteiger partial charge >= 0.3 is 0 Å². The highest BCUT2D eigenvalue weighted by Gasteiger charge is 2.27. The number of fused-ring (bicyclic) bond motifs is 21. The second-order valence-electron chi connectivity index (χ2n) is 34.3. The van der Waals surface area contributed by atoms with Gasteiger partial charge in [0.2, 0.25) is 0 Å². The number of thiophene rings is 6. The first kappa shape index (κ1) is 83.2. The molecule has 0 aliphatic rings. The molecule has 30 rings (SSSR count). The van der Waals surface area contributed by atoms with E-state index in [1.807, 2.05) is 84.1 Å². The van der Waals surface area contributed by atoms with Crippen LogP contribution in [0.2, 0.25) is 0 Å². The van der Waals surface area contributed by atoms with Crippen molar-refractivity contribution in [3.63, 3.8) is 0 Å². The van der Waals surface area contributed by atoms with Gasteiger partial charge in [-0.2, -0.15) is 0 Å². The van der Waals surface area contributed by atoms with E-state index >= 15 is 0 Å². The van der Waals surface area contributed by atoms with Crippen LogP contribution in [-0.2, 0) is 0 Å². The molecule has 0 saturated carbocycles. The standard InChI is InChI=1S/3C40H22N4S3/c1-2-11-23(12-3-1)37-42-38(26-15-9-21-32-34(26)24-13-4-6-19-30(24)45-32)44-39(43-37)27-16-10-22-33-35(27)25-14-8-17-28(36(25)46-33)40-41-29-18-5-7-20-31(29)47-40;1-2-10-23(11-3-1)37-42-38(24-20-21-26-25-12-4-6-17-31(25)45-34(26)22-24)44-39(43-37)28-14-9-19-33-35(28)27-13-8-15-29(36(27)46-33)40-41-30-16-5-7-18-32(30)47-40;1-2-10-23(11-3-1)37-42-38(24-20-21-32-29(22-24)25-12-4-6-17-31(25)45-32)44-39(43-37)27-14-9-19-34-35(27)26-13-8-15-28(36(26)46-34)40-41-30-16-5-7-18-33(30)47-40/h3*1-22H. The first-order chi connectivity index (χ1) is 69.8. The lowest BCUT2D eigenvalue weighted by molar-refractivity contribution is 1.08. The third kappa shape index (κ3) is 14.7. The molecule has 0 spiro atoms. The van der Waals surface area contributed by atoms with Crippen molar-refractivity contribution in [3.8, 4) is 134 Å². The Morgan fingerprint density at radius 1 is 0.128 bits per heavy atom. The number of thiazole rings is 3. The van der Waals surface area contributed by atoms with Gasteiger partial charge in [0.1, 0.15) is 15.0 Å². The molecule has 0 radical (unpaired) electrons. The van der Waals surface area contributed by atoms with E-state index in [1.54, 1.807) is 90.7 Å². The van der Waals surface area contributed by atoms with E-state index < -0.39 is 0 Å². The summed E-state index contributed by atoms with van der Waals surface area (Å²) >= 11 is 16.1. The fraction of sp³-hybridized carbons (Fsp3) is 0. The summed E-state index contributed by atoms with van der Waals surface area (Å²) in [6.45, 7) is 0. The zero-order valence-corrected chi connectivity index (χ0v) is 81.5. The summed E-state index contributed by atoms with van der Waals surface area (Å²) in [5.74, 6) is 5.99. The predicted octanol–water partition coefficient (Wildman–Crippen LogP) is 35.7. The van der Waals surface area contributed by atoms with Crippen LogP contribution >= 0.6 is 102 Å². The number of para-hydroxylation sites is 3. The second-order valence-corrected chi connectivity index (χ2v) is 43.8. The van der Waals surface area contributed by atoms with Gasteiger partial charge in [-0.05, 0) is 103 Å². The lowest BCUT2D eigenvalue weighted by atomic mass is 10.0. The molecule has 12 heterocycles. The quantitative estimate of drug-likeness (QED) is 0.114. The number of hydrogen-bond acceptors (Lipinski definition) is 21. The zero-order chi connectivity index (χ0) is 92.7. The largest absolute Gasteiger partial charge is 0.236 e. The van der Waals surface area contributed by atoms with Crippen molar-refractivity contribution in [2.75, 3.05) is 0 Å². The highest BCUT2D eigenvalue weighted by atomic mass is 32.1. The summed E-state index contributed by atoms with van der Waals surface area (Å²) in [5.41, 5.74) is 15.4. The minimum Gasteiger partial charge on any atom is -0.236 e. The van der Waals surface area contributed by atoms with Gasteiger partial charge in [-0.25, -0.2) is 59.8 Å². The molecule has 0 unspecified atom stereocenters. The highest BCUT2D eigenvalue weighted by molar-refractivity contribution is 7.29. The molecular formula is C120H66N12S9. The number of nitrogens with zero attached hydrogens (tertiary/aromatic N) is 12. The summed E-state index contributed by atoms with van der Waals surface area (Å²) in [7, 11) is 0. The lowest BCUT2D eigenvalue weighted by Crippen LogP contribution is -2.00. The van der Waals surface area contributed by atoms with Crippen LogP contribution in [0.3, 0.4) is 0 Å². The predicted molar refractivity (Wildman–Crippen MR) is 602 cm³/mol. The summed E-state index contributed by atoms with van der Waals surface area (Å²) < 4.78 is 18.4. The average molecular weight is 1960 g/mol. The van der Waals surface area contributed by atoms with Crippen LogP contribution in [-0.4, -0.2) is 59.8 Å². The van der Waals surface area contributed by atoms with Crippen LogP contribution in [0.25, 0.3) is 286 Å². The Kier molecular flexibility index (Phi) is 20.4. The monoisotopic (exact) mass is 1960 g/mol. The van der Waals surface area contributed by atoms with E-state index in [0.29, 0.717) is 52.4 Å². The maximum absolute atomic E-state index is 5.26. The lowest BCUT2D eigenvalue weighted by Gasteiger charge is -2.10. The summed E-state index contributed by atoms with van der Waals surface area (Å²) in [6, 6.07) is 140. The van der Waals surface area contributed by atoms with Crippen molar-refractivity contribution >= 4 is 254 Å². The van der Waals surface area contributed by atoms with E-state index in [1.165, 1.54) is 119 Å². The van der Waals surface area contributed by atoms with Crippen molar-refractivity contribution in [2.45, 2.75) is 0 Å². The normalized spacial score (nSPS) is 11.8. The fourth-order valence-corrected chi connectivity index (χ4v) is 29.6. The van der Waals surface area contributed by atoms with Crippen LogP contribution < -0.4 is 0 Å². The van der Waals surface area contributed by atoms with Crippen molar-refractivity contribution in [1.29, 1.82) is 0 Å².